The SMILES string of the molecule is CCCCc1ccc(C(=O)[O-])nc1.CCCCc1ccc(C(=O)[O-])nc1.[Ca+2]. The Labute approximate surface area is 190 Å². The number of hydrogen-bond donors (Lipinski definition) is 0. The molecule has 0 bridgehead atoms. The molecular weight excluding hydrogens is 372 g/mol. The first-order chi connectivity index (χ1) is 12.5. The van der Waals surface area contributed by atoms with Crippen LogP contribution in [0.25, 0.3) is 0 Å². The van der Waals surface area contributed by atoms with Crippen molar-refractivity contribution in [3.8, 4) is 0 Å². The van der Waals surface area contributed by atoms with Crippen molar-refractivity contribution in [2.24, 2.45) is 0 Å². The van der Waals surface area contributed by atoms with Crippen LogP contribution in [0.2, 0.25) is 0 Å². The largest absolute Gasteiger partial charge is 2.00 e. The molecule has 0 aliphatic carbocycles. The zero-order valence-corrected chi connectivity index (χ0v) is 18.1. The first-order valence-electron chi connectivity index (χ1n) is 8.80. The molecule has 0 unspecified atom stereocenters. The van der Waals surface area contributed by atoms with Gasteiger partial charge in [0.15, 0.2) is 0 Å². The standard InChI is InChI=1S/2C10H13NO2.Ca/c2*1-2-3-4-8-5-6-9(10(12)13)11-7-8;/h2*5-7H,2-4H2,1H3,(H,12,13);/q;;+2/p-2. The fourth-order valence-electron chi connectivity index (χ4n) is 2.15. The molecule has 2 aromatic rings. The molecule has 2 rings (SSSR count). The van der Waals surface area contributed by atoms with Crippen LogP contribution in [0, 0.1) is 0 Å². The van der Waals surface area contributed by atoms with Crippen molar-refractivity contribution in [3.63, 3.8) is 0 Å². The van der Waals surface area contributed by atoms with Crippen LogP contribution >= 0.6 is 0 Å². The molecule has 0 N–H and O–H groups in total. The normalized spacial score (nSPS) is 9.56. The molecule has 0 fully saturated rings. The Morgan fingerprint density at radius 2 is 1.15 bits per heavy atom. The van der Waals surface area contributed by atoms with Gasteiger partial charge in [-0.3, -0.25) is 9.97 Å². The van der Waals surface area contributed by atoms with Gasteiger partial charge >= 0.3 is 37.7 Å². The zero-order valence-electron chi connectivity index (χ0n) is 15.9. The molecule has 0 radical (unpaired) electrons. The second kappa shape index (κ2) is 14.5. The number of rotatable bonds is 8. The van der Waals surface area contributed by atoms with E-state index in [1.54, 1.807) is 24.5 Å². The average molecular weight is 396 g/mol. The van der Waals surface area contributed by atoms with Gasteiger partial charge in [0.05, 0.1) is 23.3 Å². The second-order valence-electron chi connectivity index (χ2n) is 5.89. The van der Waals surface area contributed by atoms with Crippen LogP contribution in [0.5, 0.6) is 0 Å². The van der Waals surface area contributed by atoms with E-state index in [4.69, 9.17) is 0 Å². The van der Waals surface area contributed by atoms with Crippen molar-refractivity contribution in [1.82, 2.24) is 9.97 Å². The smallest absolute Gasteiger partial charge is 0.543 e. The van der Waals surface area contributed by atoms with Gasteiger partial charge < -0.3 is 19.8 Å². The van der Waals surface area contributed by atoms with Crippen LogP contribution in [0.15, 0.2) is 36.7 Å². The Balaban J connectivity index is 0.000000483. The molecule has 0 spiro atoms. The number of carbonyl (C=O) groups is 2. The van der Waals surface area contributed by atoms with Gasteiger partial charge in [0.1, 0.15) is 0 Å². The van der Waals surface area contributed by atoms with Crippen molar-refractivity contribution < 1.29 is 19.8 Å². The Morgan fingerprint density at radius 1 is 0.778 bits per heavy atom. The molecule has 2 aromatic heterocycles. The number of carbonyl (C=O) groups excluding carboxylic acids is 2. The molecule has 0 aliphatic rings. The van der Waals surface area contributed by atoms with Gasteiger partial charge in [-0.15, -0.1) is 0 Å². The number of aromatic nitrogens is 2. The first kappa shape index (κ1) is 25.5. The Hall–Kier alpha value is -1.50. The second-order valence-corrected chi connectivity index (χ2v) is 5.89. The maximum Gasteiger partial charge on any atom is 2.00 e. The number of hydrogen-bond acceptors (Lipinski definition) is 6. The summed E-state index contributed by atoms with van der Waals surface area (Å²) in [4.78, 5) is 28.2. The van der Waals surface area contributed by atoms with E-state index in [-0.39, 0.29) is 49.1 Å². The van der Waals surface area contributed by atoms with Crippen LogP contribution in [-0.2, 0) is 12.8 Å². The Bertz CT molecular complexity index is 627. The van der Waals surface area contributed by atoms with Crippen molar-refractivity contribution in [1.29, 1.82) is 0 Å². The van der Waals surface area contributed by atoms with Crippen LogP contribution in [0.3, 0.4) is 0 Å². The number of carboxylic acid groups (broad SMARTS) is 2. The number of nitrogens with zero attached hydrogens (tertiary/aromatic N) is 2. The number of aryl methyl sites for hydroxylation is 2. The predicted octanol–water partition coefficient (Wildman–Crippen LogP) is 1.19. The van der Waals surface area contributed by atoms with Crippen molar-refractivity contribution >= 4 is 49.7 Å². The molecule has 2 heterocycles. The minimum absolute atomic E-state index is 0. The van der Waals surface area contributed by atoms with Crippen molar-refractivity contribution in [2.75, 3.05) is 0 Å². The molecule has 6 nitrogen and oxygen atoms in total. The van der Waals surface area contributed by atoms with Gasteiger partial charge in [0.25, 0.3) is 0 Å². The monoisotopic (exact) mass is 396 g/mol. The van der Waals surface area contributed by atoms with E-state index in [9.17, 15) is 19.8 Å². The third-order valence-electron chi connectivity index (χ3n) is 3.71. The van der Waals surface area contributed by atoms with Gasteiger partial charge in [-0.25, -0.2) is 0 Å². The summed E-state index contributed by atoms with van der Waals surface area (Å²) >= 11 is 0. The van der Waals surface area contributed by atoms with E-state index in [0.717, 1.165) is 49.7 Å². The minimum Gasteiger partial charge on any atom is -0.543 e. The van der Waals surface area contributed by atoms with Crippen LogP contribution in [0.4, 0.5) is 0 Å². The van der Waals surface area contributed by atoms with Gasteiger partial charge in [-0.05, 0) is 48.9 Å². The summed E-state index contributed by atoms with van der Waals surface area (Å²) in [6.07, 6.45) is 9.57. The molecule has 27 heavy (non-hydrogen) atoms. The molecule has 7 heteroatoms. The summed E-state index contributed by atoms with van der Waals surface area (Å²) in [6, 6.07) is 6.54. The van der Waals surface area contributed by atoms with E-state index >= 15 is 0 Å². The molecule has 0 amide bonds. The fourth-order valence-corrected chi connectivity index (χ4v) is 2.15. The van der Waals surface area contributed by atoms with Crippen molar-refractivity contribution in [3.05, 3.63) is 59.2 Å². The zero-order chi connectivity index (χ0) is 19.4. The van der Waals surface area contributed by atoms with E-state index in [1.165, 1.54) is 12.1 Å². The van der Waals surface area contributed by atoms with Crippen LogP contribution in [-0.4, -0.2) is 59.6 Å². The molecule has 0 aromatic carbocycles. The summed E-state index contributed by atoms with van der Waals surface area (Å²) in [6.45, 7) is 4.23. The number of carboxylic acids is 2. The summed E-state index contributed by atoms with van der Waals surface area (Å²) in [5, 5.41) is 20.7. The van der Waals surface area contributed by atoms with E-state index in [2.05, 4.69) is 23.8 Å². The third kappa shape index (κ3) is 10.4. The molecule has 0 atom stereocenters. The molecule has 0 saturated carbocycles. The van der Waals surface area contributed by atoms with E-state index in [1.807, 2.05) is 0 Å². The molecule has 0 saturated heterocycles. The maximum absolute atomic E-state index is 10.4. The van der Waals surface area contributed by atoms with Crippen molar-refractivity contribution in [2.45, 2.75) is 52.4 Å². The summed E-state index contributed by atoms with van der Waals surface area (Å²) < 4.78 is 0. The van der Waals surface area contributed by atoms with Crippen LogP contribution in [0.1, 0.15) is 71.6 Å². The predicted molar refractivity (Wildman–Crippen MR) is 100 cm³/mol. The first-order valence-corrected chi connectivity index (χ1v) is 8.80. The maximum atomic E-state index is 10.4. The Morgan fingerprint density at radius 3 is 1.37 bits per heavy atom. The van der Waals surface area contributed by atoms with Gasteiger partial charge in [-0.1, -0.05) is 38.8 Å². The fraction of sp³-hybridized carbons (Fsp3) is 0.400. The van der Waals surface area contributed by atoms with E-state index in [0.29, 0.717) is 0 Å². The topological polar surface area (TPSA) is 106 Å². The molecule has 140 valence electrons. The Kier molecular flexibility index (Phi) is 13.7. The summed E-state index contributed by atoms with van der Waals surface area (Å²) in [7, 11) is 0. The van der Waals surface area contributed by atoms with E-state index < -0.39 is 11.9 Å². The number of aromatic carboxylic acids is 2. The summed E-state index contributed by atoms with van der Waals surface area (Å²) in [5.41, 5.74) is 2.15. The van der Waals surface area contributed by atoms with Gasteiger partial charge in [-0.2, -0.15) is 0 Å². The summed E-state index contributed by atoms with van der Waals surface area (Å²) in [5.74, 6) is -2.44. The van der Waals surface area contributed by atoms with Gasteiger partial charge in [0, 0.05) is 12.4 Å². The third-order valence-corrected chi connectivity index (χ3v) is 3.71. The minimum atomic E-state index is -1.22. The molecule has 0 aliphatic heterocycles. The quantitative estimate of drug-likeness (QED) is 0.621. The average Bonchev–Trinajstić information content (AvgIpc) is 2.66. The number of unbranched alkanes of at least 4 members (excludes halogenated alkanes) is 2. The number of pyridine rings is 2. The molecular formula is C20H24CaN2O4. The van der Waals surface area contributed by atoms with Gasteiger partial charge in [0.2, 0.25) is 0 Å². The van der Waals surface area contributed by atoms with Crippen LogP contribution < -0.4 is 10.2 Å².